The molecule has 0 spiro atoms. The molecule has 1 atom stereocenters. The molecule has 9 nitrogen and oxygen atoms in total. The van der Waals surface area contributed by atoms with Crippen molar-refractivity contribution in [2.45, 2.75) is 33.2 Å². The lowest BCUT2D eigenvalue weighted by Gasteiger charge is -2.19. The maximum atomic E-state index is 13.1. The van der Waals surface area contributed by atoms with Crippen molar-refractivity contribution in [3.8, 4) is 0 Å². The molecule has 3 aromatic rings. The van der Waals surface area contributed by atoms with E-state index in [1.165, 1.54) is 0 Å². The van der Waals surface area contributed by atoms with Crippen LogP contribution in [0.25, 0.3) is 11.0 Å². The predicted octanol–water partition coefficient (Wildman–Crippen LogP) is 3.97. The molecule has 0 fully saturated rings. The van der Waals surface area contributed by atoms with Gasteiger partial charge in [-0.3, -0.25) is 9.59 Å². The summed E-state index contributed by atoms with van der Waals surface area (Å²) < 4.78 is 25.5. The summed E-state index contributed by atoms with van der Waals surface area (Å²) in [6.45, 7) is 7.06. The van der Waals surface area contributed by atoms with Crippen molar-refractivity contribution in [1.82, 2.24) is 24.9 Å². The lowest BCUT2D eigenvalue weighted by atomic mass is 10.0. The van der Waals surface area contributed by atoms with Crippen LogP contribution in [0, 0.1) is 6.92 Å². The van der Waals surface area contributed by atoms with Gasteiger partial charge >= 0.3 is 0 Å². The smallest absolute Gasteiger partial charge is 0.254 e. The maximum Gasteiger partial charge on any atom is 0.254 e. The molecule has 3 N–H and O–H groups in total. The first-order chi connectivity index (χ1) is 17.6. The number of amides is 2. The Morgan fingerprint density at radius 1 is 1.14 bits per heavy atom. The van der Waals surface area contributed by atoms with Crippen molar-refractivity contribution >= 4 is 44.5 Å². The molecule has 0 saturated carbocycles. The number of aryl methyl sites for hydroxylation is 1. The molecule has 0 aliphatic carbocycles. The van der Waals surface area contributed by atoms with Gasteiger partial charge in [-0.15, -0.1) is 0 Å². The standard InChI is InChI=1S/C24H26ClN5O4S.C2H6/c1-15-13-16(5-7-18(15)24(32)30-11-3-4-12-30)23(31)29-20(9-10-26-35(2,33)34)22-27-19-8-6-17(25)14-21(19)28-22;1-2/h3-8,13-14,20,26H,9-12H2,1-2H3,(H,27,28)(H,29,31);1-2H3/t20-;/m0./s1. The van der Waals surface area contributed by atoms with E-state index in [-0.39, 0.29) is 24.8 Å². The second-order valence-corrected chi connectivity index (χ2v) is 10.7. The molecule has 198 valence electrons. The zero-order valence-corrected chi connectivity index (χ0v) is 22.9. The minimum atomic E-state index is -3.39. The molecule has 0 bridgehead atoms. The van der Waals surface area contributed by atoms with E-state index >= 15 is 0 Å². The van der Waals surface area contributed by atoms with E-state index < -0.39 is 16.1 Å². The van der Waals surface area contributed by atoms with Crippen LogP contribution in [0.3, 0.4) is 0 Å². The van der Waals surface area contributed by atoms with E-state index in [0.717, 1.165) is 6.26 Å². The monoisotopic (exact) mass is 545 g/mol. The van der Waals surface area contributed by atoms with E-state index in [4.69, 9.17) is 11.6 Å². The van der Waals surface area contributed by atoms with Crippen LogP contribution in [-0.4, -0.2) is 61.0 Å². The van der Waals surface area contributed by atoms with Crippen LogP contribution in [0.15, 0.2) is 48.6 Å². The van der Waals surface area contributed by atoms with E-state index in [9.17, 15) is 18.0 Å². The van der Waals surface area contributed by atoms with Crippen molar-refractivity contribution < 1.29 is 18.0 Å². The Morgan fingerprint density at radius 2 is 1.84 bits per heavy atom. The first-order valence-corrected chi connectivity index (χ1v) is 14.3. The molecular formula is C26H32ClN5O4S. The number of fused-ring (bicyclic) bond motifs is 1. The van der Waals surface area contributed by atoms with Crippen LogP contribution in [0.1, 0.15) is 58.4 Å². The molecule has 37 heavy (non-hydrogen) atoms. The van der Waals surface area contributed by atoms with Crippen molar-refractivity contribution in [2.75, 3.05) is 25.9 Å². The van der Waals surface area contributed by atoms with E-state index in [2.05, 4.69) is 20.0 Å². The highest BCUT2D eigenvalue weighted by molar-refractivity contribution is 7.88. The zero-order valence-electron chi connectivity index (χ0n) is 21.3. The third-order valence-corrected chi connectivity index (χ3v) is 6.68. The second-order valence-electron chi connectivity index (χ2n) is 8.48. The van der Waals surface area contributed by atoms with Crippen LogP contribution in [-0.2, 0) is 10.0 Å². The van der Waals surface area contributed by atoms with Gasteiger partial charge in [0, 0.05) is 35.8 Å². The average molecular weight is 546 g/mol. The summed E-state index contributed by atoms with van der Waals surface area (Å²) in [4.78, 5) is 35.3. The number of rotatable bonds is 8. The van der Waals surface area contributed by atoms with Gasteiger partial charge in [0.1, 0.15) is 5.82 Å². The summed E-state index contributed by atoms with van der Waals surface area (Å²) in [5.41, 5.74) is 3.02. The third kappa shape index (κ3) is 7.41. The number of hydrogen-bond acceptors (Lipinski definition) is 5. The summed E-state index contributed by atoms with van der Waals surface area (Å²) in [5.74, 6) is 0.0406. The Bertz CT molecular complexity index is 1410. The van der Waals surface area contributed by atoms with Gasteiger partial charge in [-0.05, 0) is 55.3 Å². The topological polar surface area (TPSA) is 124 Å². The Hall–Kier alpha value is -3.21. The third-order valence-electron chi connectivity index (χ3n) is 5.72. The normalized spacial score (nSPS) is 13.8. The Morgan fingerprint density at radius 3 is 2.49 bits per heavy atom. The molecule has 0 saturated heterocycles. The molecule has 0 radical (unpaired) electrons. The van der Waals surface area contributed by atoms with E-state index in [0.29, 0.717) is 51.7 Å². The Kier molecular flexibility index (Phi) is 9.47. The number of benzene rings is 2. The van der Waals surface area contributed by atoms with Crippen LogP contribution < -0.4 is 10.0 Å². The number of carbonyl (C=O) groups excluding carboxylic acids is 2. The fourth-order valence-electron chi connectivity index (χ4n) is 3.93. The van der Waals surface area contributed by atoms with Gasteiger partial charge in [-0.2, -0.15) is 0 Å². The molecule has 1 aliphatic rings. The minimum Gasteiger partial charge on any atom is -0.342 e. The molecule has 11 heteroatoms. The number of halogens is 1. The highest BCUT2D eigenvalue weighted by atomic mass is 35.5. The van der Waals surface area contributed by atoms with Gasteiger partial charge in [0.15, 0.2) is 0 Å². The first-order valence-electron chi connectivity index (χ1n) is 12.1. The predicted molar refractivity (Wildman–Crippen MR) is 146 cm³/mol. The number of nitrogens with one attached hydrogen (secondary N) is 3. The summed E-state index contributed by atoms with van der Waals surface area (Å²) in [5, 5.41) is 3.48. The van der Waals surface area contributed by atoms with Crippen molar-refractivity contribution in [3.63, 3.8) is 0 Å². The number of aromatic amines is 1. The van der Waals surface area contributed by atoms with Gasteiger partial charge in [-0.1, -0.05) is 37.6 Å². The van der Waals surface area contributed by atoms with Gasteiger partial charge < -0.3 is 15.2 Å². The average Bonchev–Trinajstić information content (AvgIpc) is 3.53. The number of imidazole rings is 1. The SMILES string of the molecule is CC.Cc1cc(C(=O)N[C@@H](CCNS(C)(=O)=O)c2nc3ccc(Cl)cc3[nH]2)ccc1C(=O)N1CC=CC1. The molecule has 1 aromatic heterocycles. The lowest BCUT2D eigenvalue weighted by molar-refractivity contribution is 0.0798. The van der Waals surface area contributed by atoms with Gasteiger partial charge in [0.2, 0.25) is 10.0 Å². The largest absolute Gasteiger partial charge is 0.342 e. The maximum absolute atomic E-state index is 13.1. The molecule has 1 aliphatic heterocycles. The summed E-state index contributed by atoms with van der Waals surface area (Å²) in [6.07, 6.45) is 5.23. The lowest BCUT2D eigenvalue weighted by Crippen LogP contribution is -2.33. The number of aromatic nitrogens is 2. The van der Waals surface area contributed by atoms with Crippen LogP contribution in [0.4, 0.5) is 0 Å². The molecule has 2 amide bonds. The fraction of sp³-hybridized carbons (Fsp3) is 0.346. The number of H-pyrrole nitrogens is 1. The number of nitrogens with zero attached hydrogens (tertiary/aromatic N) is 2. The Balaban J connectivity index is 0.00000186. The van der Waals surface area contributed by atoms with Gasteiger partial charge in [-0.25, -0.2) is 18.1 Å². The van der Waals surface area contributed by atoms with Crippen LogP contribution >= 0.6 is 11.6 Å². The molecule has 2 heterocycles. The van der Waals surface area contributed by atoms with E-state index in [1.54, 1.807) is 48.2 Å². The molecule has 0 unspecified atom stereocenters. The quantitative estimate of drug-likeness (QED) is 0.369. The second kappa shape index (κ2) is 12.4. The highest BCUT2D eigenvalue weighted by Crippen LogP contribution is 2.22. The Labute approximate surface area is 222 Å². The number of hydrogen-bond donors (Lipinski definition) is 3. The van der Waals surface area contributed by atoms with Gasteiger partial charge in [0.05, 0.1) is 23.3 Å². The first kappa shape index (κ1) is 28.4. The summed E-state index contributed by atoms with van der Waals surface area (Å²) in [6, 6.07) is 9.57. The van der Waals surface area contributed by atoms with Gasteiger partial charge in [0.25, 0.3) is 11.8 Å². The highest BCUT2D eigenvalue weighted by Gasteiger charge is 2.22. The molecular weight excluding hydrogens is 514 g/mol. The van der Waals surface area contributed by atoms with E-state index in [1.807, 2.05) is 26.0 Å². The van der Waals surface area contributed by atoms with Crippen LogP contribution in [0.2, 0.25) is 5.02 Å². The van der Waals surface area contributed by atoms with Crippen molar-refractivity contribution in [3.05, 3.63) is 76.1 Å². The minimum absolute atomic E-state index is 0.0786. The number of carbonyl (C=O) groups is 2. The van der Waals surface area contributed by atoms with Crippen molar-refractivity contribution in [1.29, 1.82) is 0 Å². The fourth-order valence-corrected chi connectivity index (χ4v) is 4.59. The summed E-state index contributed by atoms with van der Waals surface area (Å²) >= 11 is 6.07. The van der Waals surface area contributed by atoms with Crippen molar-refractivity contribution in [2.24, 2.45) is 0 Å². The summed E-state index contributed by atoms with van der Waals surface area (Å²) in [7, 11) is -3.39. The number of sulfonamides is 1. The molecule has 4 rings (SSSR count). The zero-order chi connectivity index (χ0) is 27.2. The van der Waals surface area contributed by atoms with Crippen LogP contribution in [0.5, 0.6) is 0 Å². The molecule has 2 aromatic carbocycles.